The first kappa shape index (κ1) is 12.1. The maximum atomic E-state index is 10.1. The number of aliphatic hydroxyl groups is 1. The van der Waals surface area contributed by atoms with Gasteiger partial charge in [0.15, 0.2) is 0 Å². The highest BCUT2D eigenvalue weighted by atomic mass is 35.5. The van der Waals surface area contributed by atoms with E-state index in [9.17, 15) is 5.11 Å². The molecule has 17 heavy (non-hydrogen) atoms. The lowest BCUT2D eigenvalue weighted by atomic mass is 10.0. The number of aryl methyl sites for hydroxylation is 1. The summed E-state index contributed by atoms with van der Waals surface area (Å²) in [4.78, 5) is 3.93. The molecule has 1 aromatic heterocycles. The number of aromatic nitrogens is 1. The topological polar surface area (TPSA) is 33.1 Å². The minimum absolute atomic E-state index is 0.505. The number of halogens is 1. The fourth-order valence-electron chi connectivity index (χ4n) is 1.77. The van der Waals surface area contributed by atoms with Gasteiger partial charge in [0, 0.05) is 18.8 Å². The van der Waals surface area contributed by atoms with Crippen molar-refractivity contribution in [1.82, 2.24) is 4.98 Å². The molecular formula is C14H14ClNO. The Kier molecular flexibility index (Phi) is 3.77. The van der Waals surface area contributed by atoms with Gasteiger partial charge in [-0.2, -0.15) is 0 Å². The van der Waals surface area contributed by atoms with Crippen molar-refractivity contribution in [2.24, 2.45) is 0 Å². The third-order valence-corrected chi connectivity index (χ3v) is 3.04. The SMILES string of the molecule is Cc1cccc(C(O)Cc2ccncc2Cl)c1. The number of aliphatic hydroxyl groups excluding tert-OH is 1. The zero-order valence-electron chi connectivity index (χ0n) is 9.60. The van der Waals surface area contributed by atoms with E-state index in [1.165, 1.54) is 0 Å². The van der Waals surface area contributed by atoms with Crippen LogP contribution in [0.2, 0.25) is 5.02 Å². The summed E-state index contributed by atoms with van der Waals surface area (Å²) in [5.74, 6) is 0. The molecule has 0 spiro atoms. The molecule has 0 saturated heterocycles. The van der Waals surface area contributed by atoms with Crippen LogP contribution in [0.15, 0.2) is 42.7 Å². The summed E-state index contributed by atoms with van der Waals surface area (Å²) in [7, 11) is 0. The molecule has 0 amide bonds. The maximum Gasteiger partial charge on any atom is 0.0831 e. The van der Waals surface area contributed by atoms with Gasteiger partial charge in [0.05, 0.1) is 11.1 Å². The zero-order valence-corrected chi connectivity index (χ0v) is 10.4. The van der Waals surface area contributed by atoms with E-state index in [1.807, 2.05) is 37.3 Å². The van der Waals surface area contributed by atoms with Gasteiger partial charge >= 0.3 is 0 Å². The van der Waals surface area contributed by atoms with Gasteiger partial charge < -0.3 is 5.11 Å². The lowest BCUT2D eigenvalue weighted by Crippen LogP contribution is -2.02. The predicted octanol–water partition coefficient (Wildman–Crippen LogP) is 3.32. The van der Waals surface area contributed by atoms with Gasteiger partial charge in [-0.15, -0.1) is 0 Å². The molecule has 1 heterocycles. The number of benzene rings is 1. The highest BCUT2D eigenvalue weighted by Gasteiger charge is 2.10. The molecule has 0 radical (unpaired) electrons. The fraction of sp³-hybridized carbons (Fsp3) is 0.214. The number of nitrogens with zero attached hydrogens (tertiary/aromatic N) is 1. The van der Waals surface area contributed by atoms with Crippen LogP contribution in [-0.2, 0) is 6.42 Å². The van der Waals surface area contributed by atoms with E-state index in [0.717, 1.165) is 16.7 Å². The number of hydrogen-bond acceptors (Lipinski definition) is 2. The summed E-state index contributed by atoms with van der Waals surface area (Å²) in [6.07, 6.45) is 3.25. The van der Waals surface area contributed by atoms with Crippen LogP contribution in [0.4, 0.5) is 0 Å². The first-order valence-corrected chi connectivity index (χ1v) is 5.87. The second-order valence-electron chi connectivity index (χ2n) is 4.10. The Labute approximate surface area is 106 Å². The van der Waals surface area contributed by atoms with Gasteiger partial charge in [-0.3, -0.25) is 4.98 Å². The van der Waals surface area contributed by atoms with Crippen LogP contribution in [0.25, 0.3) is 0 Å². The fourth-order valence-corrected chi connectivity index (χ4v) is 1.97. The molecule has 0 fully saturated rings. The van der Waals surface area contributed by atoms with E-state index in [4.69, 9.17) is 11.6 Å². The molecule has 1 unspecified atom stereocenters. The van der Waals surface area contributed by atoms with E-state index in [0.29, 0.717) is 11.4 Å². The minimum atomic E-state index is -0.533. The van der Waals surface area contributed by atoms with Crippen LogP contribution >= 0.6 is 11.6 Å². The smallest absolute Gasteiger partial charge is 0.0831 e. The van der Waals surface area contributed by atoms with Crippen molar-refractivity contribution in [3.05, 3.63) is 64.4 Å². The summed E-state index contributed by atoms with van der Waals surface area (Å²) in [5, 5.41) is 10.7. The van der Waals surface area contributed by atoms with Crippen molar-refractivity contribution in [2.45, 2.75) is 19.4 Å². The van der Waals surface area contributed by atoms with Gasteiger partial charge in [0.2, 0.25) is 0 Å². The predicted molar refractivity (Wildman–Crippen MR) is 69.1 cm³/mol. The first-order valence-electron chi connectivity index (χ1n) is 5.50. The van der Waals surface area contributed by atoms with Crippen LogP contribution in [0, 0.1) is 6.92 Å². The Morgan fingerprint density at radius 1 is 1.35 bits per heavy atom. The minimum Gasteiger partial charge on any atom is -0.388 e. The molecule has 0 aliphatic rings. The monoisotopic (exact) mass is 247 g/mol. The van der Waals surface area contributed by atoms with Crippen LogP contribution in [0.3, 0.4) is 0 Å². The quantitative estimate of drug-likeness (QED) is 0.903. The number of hydrogen-bond donors (Lipinski definition) is 1. The molecule has 2 nitrogen and oxygen atoms in total. The van der Waals surface area contributed by atoms with Gasteiger partial charge in [-0.05, 0) is 24.1 Å². The molecule has 1 N–H and O–H groups in total. The van der Waals surface area contributed by atoms with Crippen LogP contribution < -0.4 is 0 Å². The molecule has 2 rings (SSSR count). The molecular weight excluding hydrogens is 234 g/mol. The average Bonchev–Trinajstić information content (AvgIpc) is 2.32. The average molecular weight is 248 g/mol. The standard InChI is InChI=1S/C14H14ClNO/c1-10-3-2-4-12(7-10)14(17)8-11-5-6-16-9-13(11)15/h2-7,9,14,17H,8H2,1H3. The molecule has 2 aromatic rings. The van der Waals surface area contributed by atoms with E-state index in [-0.39, 0.29) is 0 Å². The van der Waals surface area contributed by atoms with Crippen LogP contribution in [-0.4, -0.2) is 10.1 Å². The van der Waals surface area contributed by atoms with Crippen LogP contribution in [0.5, 0.6) is 0 Å². The van der Waals surface area contributed by atoms with Crippen LogP contribution in [0.1, 0.15) is 22.8 Å². The molecule has 0 saturated carbocycles. The molecule has 1 aromatic carbocycles. The van der Waals surface area contributed by atoms with E-state index < -0.39 is 6.10 Å². The van der Waals surface area contributed by atoms with Crippen molar-refractivity contribution in [2.75, 3.05) is 0 Å². The van der Waals surface area contributed by atoms with Gasteiger partial charge in [0.25, 0.3) is 0 Å². The largest absolute Gasteiger partial charge is 0.388 e. The lowest BCUT2D eigenvalue weighted by Gasteiger charge is -2.12. The van der Waals surface area contributed by atoms with Crippen molar-refractivity contribution >= 4 is 11.6 Å². The van der Waals surface area contributed by atoms with E-state index >= 15 is 0 Å². The maximum absolute atomic E-state index is 10.1. The van der Waals surface area contributed by atoms with Crippen molar-refractivity contribution in [1.29, 1.82) is 0 Å². The third-order valence-electron chi connectivity index (χ3n) is 2.70. The second-order valence-corrected chi connectivity index (χ2v) is 4.51. The molecule has 88 valence electrons. The summed E-state index contributed by atoms with van der Waals surface area (Å²) in [6.45, 7) is 2.01. The summed E-state index contributed by atoms with van der Waals surface area (Å²) in [5.41, 5.74) is 2.97. The summed E-state index contributed by atoms with van der Waals surface area (Å²) < 4.78 is 0. The summed E-state index contributed by atoms with van der Waals surface area (Å²) in [6, 6.07) is 9.70. The zero-order chi connectivity index (χ0) is 12.3. The van der Waals surface area contributed by atoms with Crippen molar-refractivity contribution in [3.8, 4) is 0 Å². The highest BCUT2D eigenvalue weighted by molar-refractivity contribution is 6.31. The Morgan fingerprint density at radius 2 is 2.18 bits per heavy atom. The molecule has 0 aliphatic carbocycles. The van der Waals surface area contributed by atoms with E-state index in [1.54, 1.807) is 12.4 Å². The van der Waals surface area contributed by atoms with Gasteiger partial charge in [-0.1, -0.05) is 41.4 Å². The lowest BCUT2D eigenvalue weighted by molar-refractivity contribution is 0.178. The highest BCUT2D eigenvalue weighted by Crippen LogP contribution is 2.23. The molecule has 1 atom stereocenters. The molecule has 3 heteroatoms. The number of pyridine rings is 1. The third kappa shape index (κ3) is 3.05. The van der Waals surface area contributed by atoms with Gasteiger partial charge in [0.1, 0.15) is 0 Å². The van der Waals surface area contributed by atoms with Crippen molar-refractivity contribution in [3.63, 3.8) is 0 Å². The Morgan fingerprint density at radius 3 is 2.88 bits per heavy atom. The Hall–Kier alpha value is -1.38. The normalized spacial score (nSPS) is 12.4. The summed E-state index contributed by atoms with van der Waals surface area (Å²) >= 11 is 6.01. The second kappa shape index (κ2) is 5.30. The first-order chi connectivity index (χ1) is 8.16. The van der Waals surface area contributed by atoms with E-state index in [2.05, 4.69) is 4.98 Å². The molecule has 0 bridgehead atoms. The molecule has 0 aliphatic heterocycles. The Bertz CT molecular complexity index is 513. The number of rotatable bonds is 3. The van der Waals surface area contributed by atoms with Crippen molar-refractivity contribution < 1.29 is 5.11 Å². The Balaban J connectivity index is 2.17. The van der Waals surface area contributed by atoms with Gasteiger partial charge in [-0.25, -0.2) is 0 Å².